The third-order valence-corrected chi connectivity index (χ3v) is 8.42. The molecule has 4 aromatic carbocycles. The molecule has 0 radical (unpaired) electrons. The van der Waals surface area contributed by atoms with Crippen LogP contribution in [0.1, 0.15) is 50.2 Å². The summed E-state index contributed by atoms with van der Waals surface area (Å²) in [5.41, 5.74) is 8.28. The summed E-state index contributed by atoms with van der Waals surface area (Å²) in [5, 5.41) is 4.82. The van der Waals surface area contributed by atoms with Gasteiger partial charge in [-0.05, 0) is 46.2 Å². The van der Waals surface area contributed by atoms with E-state index in [1.54, 1.807) is 0 Å². The third-order valence-electron chi connectivity index (χ3n) is 8.42. The molecule has 0 aliphatic carbocycles. The van der Waals surface area contributed by atoms with Crippen LogP contribution in [0.2, 0.25) is 0 Å². The van der Waals surface area contributed by atoms with Gasteiger partial charge in [0.05, 0.1) is 22.8 Å². The standard InChI is InChI=1S/C36H30N2/c1-35(2)27-15-9-13-25(19-27)32-22-24-12-6-8-18-30(24)34(38-32)36(3,4)28-16-10-14-26(20-28)31-21-23-11-5-7-17-29(23)33(35)37-31/h5-22H,1-4H3. The minimum Gasteiger partial charge on any atom is -0.251 e. The second-order valence-electron chi connectivity index (χ2n) is 11.6. The first-order valence-electron chi connectivity index (χ1n) is 13.3. The fourth-order valence-corrected chi connectivity index (χ4v) is 6.05. The SMILES string of the molecule is CC1(C)c2cccc(c2)-c2cc3ccccc3c(n2)C(C)(C)c2cccc(c2)-c2cc3ccccc3c1n2. The van der Waals surface area contributed by atoms with E-state index in [0.717, 1.165) is 33.9 Å². The molecule has 0 unspecified atom stereocenters. The Kier molecular flexibility index (Phi) is 4.87. The Hall–Kier alpha value is -4.30. The summed E-state index contributed by atoms with van der Waals surface area (Å²) in [6, 6.07) is 39.5. The molecule has 6 aromatic rings. The van der Waals surface area contributed by atoms with Crippen LogP contribution >= 0.6 is 0 Å². The average molecular weight is 491 g/mol. The summed E-state index contributed by atoms with van der Waals surface area (Å²) < 4.78 is 0. The van der Waals surface area contributed by atoms with E-state index in [9.17, 15) is 0 Å². The zero-order valence-corrected chi connectivity index (χ0v) is 22.3. The van der Waals surface area contributed by atoms with Crippen LogP contribution in [0.4, 0.5) is 0 Å². The second-order valence-corrected chi connectivity index (χ2v) is 11.6. The number of fused-ring (bicyclic) bond motifs is 14. The van der Waals surface area contributed by atoms with E-state index in [2.05, 4.69) is 137 Å². The molecule has 0 amide bonds. The molecule has 0 fully saturated rings. The molecule has 2 nitrogen and oxygen atoms in total. The van der Waals surface area contributed by atoms with Crippen molar-refractivity contribution in [2.75, 3.05) is 0 Å². The predicted octanol–water partition coefficient (Wildman–Crippen LogP) is 9.08. The molecule has 7 rings (SSSR count). The third kappa shape index (κ3) is 3.40. The van der Waals surface area contributed by atoms with Crippen molar-refractivity contribution in [1.29, 1.82) is 0 Å². The van der Waals surface area contributed by atoms with Gasteiger partial charge >= 0.3 is 0 Å². The monoisotopic (exact) mass is 490 g/mol. The van der Waals surface area contributed by atoms with E-state index in [-0.39, 0.29) is 10.8 Å². The normalized spacial score (nSPS) is 15.3. The summed E-state index contributed by atoms with van der Waals surface area (Å²) in [6.45, 7) is 9.15. The zero-order valence-electron chi connectivity index (χ0n) is 22.3. The van der Waals surface area contributed by atoms with Crippen molar-refractivity contribution in [1.82, 2.24) is 9.97 Å². The largest absolute Gasteiger partial charge is 0.251 e. The van der Waals surface area contributed by atoms with Crippen LogP contribution in [0.25, 0.3) is 44.1 Å². The smallest absolute Gasteiger partial charge is 0.0712 e. The predicted molar refractivity (Wildman–Crippen MR) is 159 cm³/mol. The molecule has 0 spiro atoms. The van der Waals surface area contributed by atoms with Crippen molar-refractivity contribution in [3.63, 3.8) is 0 Å². The quantitative estimate of drug-likeness (QED) is 0.212. The Balaban J connectivity index is 1.64. The minimum atomic E-state index is -0.313. The first-order valence-corrected chi connectivity index (χ1v) is 13.3. The molecule has 38 heavy (non-hydrogen) atoms. The summed E-state index contributed by atoms with van der Waals surface area (Å²) in [5.74, 6) is 0. The molecular weight excluding hydrogens is 460 g/mol. The van der Waals surface area contributed by atoms with Gasteiger partial charge in [0.1, 0.15) is 0 Å². The molecule has 2 aromatic heterocycles. The lowest BCUT2D eigenvalue weighted by Crippen LogP contribution is -2.23. The summed E-state index contributed by atoms with van der Waals surface area (Å²) in [6.07, 6.45) is 0. The Labute approximate surface area is 224 Å². The van der Waals surface area contributed by atoms with Crippen LogP contribution in [0.15, 0.2) is 109 Å². The molecule has 0 N–H and O–H groups in total. The van der Waals surface area contributed by atoms with Gasteiger partial charge in [-0.15, -0.1) is 0 Å². The Morgan fingerprint density at radius 2 is 0.868 bits per heavy atom. The molecule has 1 aliphatic rings. The Morgan fingerprint density at radius 1 is 0.447 bits per heavy atom. The van der Waals surface area contributed by atoms with Crippen molar-refractivity contribution in [3.05, 3.63) is 132 Å². The minimum absolute atomic E-state index is 0.313. The molecule has 184 valence electrons. The number of nitrogens with zero attached hydrogens (tertiary/aromatic N) is 2. The second kappa shape index (κ2) is 8.10. The molecule has 8 bridgehead atoms. The van der Waals surface area contributed by atoms with Crippen molar-refractivity contribution >= 4 is 21.5 Å². The van der Waals surface area contributed by atoms with Gasteiger partial charge < -0.3 is 0 Å². The lowest BCUT2D eigenvalue weighted by molar-refractivity contribution is 0.621. The van der Waals surface area contributed by atoms with E-state index in [1.165, 1.54) is 32.7 Å². The lowest BCUT2D eigenvalue weighted by Gasteiger charge is -2.30. The maximum Gasteiger partial charge on any atom is 0.0712 e. The van der Waals surface area contributed by atoms with Crippen LogP contribution in [0.3, 0.4) is 0 Å². The number of pyridine rings is 2. The fraction of sp³-hybridized carbons (Fsp3) is 0.167. The number of aromatic nitrogens is 2. The van der Waals surface area contributed by atoms with Gasteiger partial charge in [0.15, 0.2) is 0 Å². The van der Waals surface area contributed by atoms with E-state index in [4.69, 9.17) is 9.97 Å². The van der Waals surface area contributed by atoms with E-state index in [1.807, 2.05) is 0 Å². The van der Waals surface area contributed by atoms with E-state index < -0.39 is 0 Å². The zero-order chi connectivity index (χ0) is 26.1. The highest BCUT2D eigenvalue weighted by Crippen LogP contribution is 2.41. The van der Waals surface area contributed by atoms with Gasteiger partial charge in [0.2, 0.25) is 0 Å². The van der Waals surface area contributed by atoms with Crippen molar-refractivity contribution in [2.24, 2.45) is 0 Å². The number of rotatable bonds is 0. The average Bonchev–Trinajstić information content (AvgIpc) is 2.95. The van der Waals surface area contributed by atoms with Crippen molar-refractivity contribution in [2.45, 2.75) is 38.5 Å². The Bertz CT molecular complexity index is 1740. The van der Waals surface area contributed by atoms with Gasteiger partial charge in [0.25, 0.3) is 0 Å². The summed E-state index contributed by atoms with van der Waals surface area (Å²) in [4.78, 5) is 10.8. The van der Waals surface area contributed by atoms with Crippen molar-refractivity contribution < 1.29 is 0 Å². The number of hydrogen-bond donors (Lipinski definition) is 0. The van der Waals surface area contributed by atoms with Gasteiger partial charge in [-0.25, -0.2) is 0 Å². The van der Waals surface area contributed by atoms with Gasteiger partial charge in [-0.3, -0.25) is 9.97 Å². The van der Waals surface area contributed by atoms with Crippen LogP contribution in [0.5, 0.6) is 0 Å². The van der Waals surface area contributed by atoms with Crippen molar-refractivity contribution in [3.8, 4) is 22.5 Å². The highest BCUT2D eigenvalue weighted by Gasteiger charge is 2.31. The van der Waals surface area contributed by atoms with Crippen LogP contribution < -0.4 is 0 Å². The molecule has 0 atom stereocenters. The topological polar surface area (TPSA) is 25.8 Å². The molecule has 1 aliphatic heterocycles. The lowest BCUT2D eigenvalue weighted by atomic mass is 9.77. The van der Waals surface area contributed by atoms with E-state index in [0.29, 0.717) is 0 Å². The van der Waals surface area contributed by atoms with Gasteiger partial charge in [-0.2, -0.15) is 0 Å². The molecule has 3 heterocycles. The molecular formula is C36H30N2. The Morgan fingerprint density at radius 3 is 1.32 bits per heavy atom. The molecule has 0 saturated heterocycles. The molecule has 0 saturated carbocycles. The summed E-state index contributed by atoms with van der Waals surface area (Å²) >= 11 is 0. The first kappa shape index (κ1) is 22.9. The van der Waals surface area contributed by atoms with Crippen LogP contribution in [-0.4, -0.2) is 9.97 Å². The maximum absolute atomic E-state index is 5.38. The van der Waals surface area contributed by atoms with E-state index >= 15 is 0 Å². The summed E-state index contributed by atoms with van der Waals surface area (Å²) in [7, 11) is 0. The number of hydrogen-bond acceptors (Lipinski definition) is 2. The number of benzene rings is 4. The first-order chi connectivity index (χ1) is 18.3. The van der Waals surface area contributed by atoms with Gasteiger partial charge in [0, 0.05) is 32.7 Å². The maximum atomic E-state index is 5.38. The highest BCUT2D eigenvalue weighted by atomic mass is 14.8. The van der Waals surface area contributed by atoms with Crippen LogP contribution in [0, 0.1) is 0 Å². The van der Waals surface area contributed by atoms with Gasteiger partial charge in [-0.1, -0.05) is 113 Å². The van der Waals surface area contributed by atoms with Crippen LogP contribution in [-0.2, 0) is 10.8 Å². The highest BCUT2D eigenvalue weighted by molar-refractivity contribution is 5.91. The molecule has 2 heteroatoms. The fourth-order valence-electron chi connectivity index (χ4n) is 6.05.